The van der Waals surface area contributed by atoms with Gasteiger partial charge in [-0.15, -0.1) is 0 Å². The van der Waals surface area contributed by atoms with Crippen LogP contribution in [-0.4, -0.2) is 36.9 Å². The molecule has 1 aromatic heterocycles. The van der Waals surface area contributed by atoms with Crippen molar-refractivity contribution in [3.63, 3.8) is 0 Å². The highest BCUT2D eigenvalue weighted by Crippen LogP contribution is 2.13. The van der Waals surface area contributed by atoms with Gasteiger partial charge in [0.2, 0.25) is 5.56 Å². The van der Waals surface area contributed by atoms with E-state index in [2.05, 4.69) is 10.3 Å². The van der Waals surface area contributed by atoms with Gasteiger partial charge in [0.05, 0.1) is 17.1 Å². The van der Waals surface area contributed by atoms with Gasteiger partial charge in [-0.05, 0) is 18.9 Å². The Balaban J connectivity index is 2.15. The third kappa shape index (κ3) is 3.23. The molecule has 1 unspecified atom stereocenters. The Labute approximate surface area is 111 Å². The van der Waals surface area contributed by atoms with Crippen molar-refractivity contribution in [1.29, 1.82) is 0 Å². The van der Waals surface area contributed by atoms with Crippen molar-refractivity contribution in [2.75, 3.05) is 11.5 Å². The molecule has 0 saturated carbocycles. The van der Waals surface area contributed by atoms with Crippen LogP contribution in [0.2, 0.25) is 0 Å². The number of aromatic nitrogens is 1. The number of hydrogen-bond donors (Lipinski definition) is 2. The molecule has 2 rings (SSSR count). The first-order chi connectivity index (χ1) is 8.91. The number of aromatic amines is 1. The van der Waals surface area contributed by atoms with Gasteiger partial charge in [0.1, 0.15) is 0 Å². The third-order valence-electron chi connectivity index (χ3n) is 3.17. The molecule has 0 spiro atoms. The summed E-state index contributed by atoms with van der Waals surface area (Å²) in [5, 5.41) is 2.70. The third-order valence-corrected chi connectivity index (χ3v) is 4.93. The molecule has 2 N–H and O–H groups in total. The topological polar surface area (TPSA) is 96.1 Å². The van der Waals surface area contributed by atoms with Gasteiger partial charge in [-0.1, -0.05) is 6.92 Å². The Morgan fingerprint density at radius 3 is 2.79 bits per heavy atom. The molecular weight excluding hydrogens is 268 g/mol. The lowest BCUT2D eigenvalue weighted by Crippen LogP contribution is -2.36. The van der Waals surface area contributed by atoms with Crippen molar-refractivity contribution >= 4 is 15.7 Å². The molecule has 19 heavy (non-hydrogen) atoms. The molecule has 2 heterocycles. The maximum atomic E-state index is 12.1. The highest BCUT2D eigenvalue weighted by Gasteiger charge is 2.29. The fourth-order valence-corrected chi connectivity index (χ4v) is 3.85. The van der Waals surface area contributed by atoms with Crippen LogP contribution in [0.4, 0.5) is 0 Å². The monoisotopic (exact) mass is 284 g/mol. The van der Waals surface area contributed by atoms with E-state index in [4.69, 9.17) is 0 Å². The van der Waals surface area contributed by atoms with Crippen LogP contribution in [-0.2, 0) is 16.3 Å². The lowest BCUT2D eigenvalue weighted by molar-refractivity contribution is 0.0939. The van der Waals surface area contributed by atoms with Crippen molar-refractivity contribution in [2.45, 2.75) is 25.8 Å². The summed E-state index contributed by atoms with van der Waals surface area (Å²) in [4.78, 5) is 25.9. The number of sulfone groups is 1. The summed E-state index contributed by atoms with van der Waals surface area (Å²) in [6.07, 6.45) is 0.973. The SMILES string of the molecule is CCc1[nH]c(=O)ccc1C(=O)NC1CCS(=O)(=O)C1. The number of rotatable bonds is 3. The molecule has 104 valence electrons. The smallest absolute Gasteiger partial charge is 0.253 e. The Morgan fingerprint density at radius 2 is 2.21 bits per heavy atom. The second-order valence-electron chi connectivity index (χ2n) is 4.64. The summed E-state index contributed by atoms with van der Waals surface area (Å²) >= 11 is 0. The maximum Gasteiger partial charge on any atom is 0.253 e. The van der Waals surface area contributed by atoms with Crippen molar-refractivity contribution in [3.05, 3.63) is 33.7 Å². The van der Waals surface area contributed by atoms with Gasteiger partial charge in [-0.2, -0.15) is 0 Å². The first kappa shape index (κ1) is 13.8. The fraction of sp³-hybridized carbons (Fsp3) is 0.500. The van der Waals surface area contributed by atoms with Crippen molar-refractivity contribution in [2.24, 2.45) is 0 Å². The molecule has 0 aliphatic carbocycles. The van der Waals surface area contributed by atoms with Gasteiger partial charge < -0.3 is 10.3 Å². The zero-order chi connectivity index (χ0) is 14.0. The number of H-pyrrole nitrogens is 1. The van der Waals surface area contributed by atoms with E-state index in [0.29, 0.717) is 24.1 Å². The minimum atomic E-state index is -3.02. The molecule has 0 aromatic carbocycles. The highest BCUT2D eigenvalue weighted by molar-refractivity contribution is 7.91. The second kappa shape index (κ2) is 5.16. The van der Waals surface area contributed by atoms with Crippen LogP contribution in [0, 0.1) is 0 Å². The number of nitrogens with one attached hydrogen (secondary N) is 2. The number of pyridine rings is 1. The van der Waals surface area contributed by atoms with Gasteiger partial charge in [0.15, 0.2) is 9.84 Å². The van der Waals surface area contributed by atoms with E-state index in [-0.39, 0.29) is 29.0 Å². The predicted molar refractivity (Wildman–Crippen MR) is 71.0 cm³/mol. The van der Waals surface area contributed by atoms with E-state index >= 15 is 0 Å². The Bertz CT molecular complexity index is 648. The molecule has 1 amide bonds. The van der Waals surface area contributed by atoms with Gasteiger partial charge in [-0.3, -0.25) is 9.59 Å². The quantitative estimate of drug-likeness (QED) is 0.807. The number of carbonyl (C=O) groups is 1. The van der Waals surface area contributed by atoms with E-state index in [0.717, 1.165) is 0 Å². The molecule has 7 heteroatoms. The van der Waals surface area contributed by atoms with Crippen LogP contribution in [0.5, 0.6) is 0 Å². The molecule has 6 nitrogen and oxygen atoms in total. The summed E-state index contributed by atoms with van der Waals surface area (Å²) in [5.41, 5.74) is 0.703. The molecule has 1 saturated heterocycles. The minimum Gasteiger partial charge on any atom is -0.348 e. The van der Waals surface area contributed by atoms with Crippen molar-refractivity contribution in [3.8, 4) is 0 Å². The fourth-order valence-electron chi connectivity index (χ4n) is 2.18. The highest BCUT2D eigenvalue weighted by atomic mass is 32.2. The van der Waals surface area contributed by atoms with Crippen LogP contribution in [0.25, 0.3) is 0 Å². The van der Waals surface area contributed by atoms with E-state index in [1.165, 1.54) is 12.1 Å². The average Bonchev–Trinajstić information content (AvgIpc) is 2.68. The molecular formula is C12H16N2O4S. The summed E-state index contributed by atoms with van der Waals surface area (Å²) in [5.74, 6) is -0.233. The first-order valence-corrected chi connectivity index (χ1v) is 7.97. The Hall–Kier alpha value is -1.63. The van der Waals surface area contributed by atoms with Gasteiger partial charge in [0.25, 0.3) is 5.91 Å². The van der Waals surface area contributed by atoms with Gasteiger partial charge in [0, 0.05) is 17.8 Å². The summed E-state index contributed by atoms with van der Waals surface area (Å²) < 4.78 is 22.7. The molecule has 1 aliphatic heterocycles. The molecule has 0 radical (unpaired) electrons. The standard InChI is InChI=1S/C12H16N2O4S/c1-2-10-9(3-4-11(15)14-10)12(16)13-8-5-6-19(17,18)7-8/h3-4,8H,2,5-7H2,1H3,(H,13,16)(H,14,15). The van der Waals surface area contributed by atoms with Crippen molar-refractivity contribution < 1.29 is 13.2 Å². The lowest BCUT2D eigenvalue weighted by Gasteiger charge is -2.12. The Morgan fingerprint density at radius 1 is 1.47 bits per heavy atom. The molecule has 1 aromatic rings. The van der Waals surface area contributed by atoms with Gasteiger partial charge >= 0.3 is 0 Å². The Kier molecular flexibility index (Phi) is 3.75. The summed E-state index contributed by atoms with van der Waals surface area (Å²) in [6, 6.07) is 2.42. The maximum absolute atomic E-state index is 12.1. The zero-order valence-electron chi connectivity index (χ0n) is 10.6. The van der Waals surface area contributed by atoms with Gasteiger partial charge in [-0.25, -0.2) is 8.42 Å². The molecule has 1 aliphatic rings. The first-order valence-electron chi connectivity index (χ1n) is 6.15. The van der Waals surface area contributed by atoms with E-state index in [1.807, 2.05) is 6.92 Å². The zero-order valence-corrected chi connectivity index (χ0v) is 11.4. The molecule has 1 fully saturated rings. The normalized spacial score (nSPS) is 21.2. The number of amides is 1. The van der Waals surface area contributed by atoms with Crippen LogP contribution >= 0.6 is 0 Å². The van der Waals surface area contributed by atoms with Crippen LogP contribution < -0.4 is 10.9 Å². The van der Waals surface area contributed by atoms with Crippen LogP contribution in [0.3, 0.4) is 0 Å². The average molecular weight is 284 g/mol. The lowest BCUT2D eigenvalue weighted by atomic mass is 10.1. The largest absolute Gasteiger partial charge is 0.348 e. The molecule has 0 bridgehead atoms. The number of aryl methyl sites for hydroxylation is 1. The summed E-state index contributed by atoms with van der Waals surface area (Å²) in [7, 11) is -3.02. The summed E-state index contributed by atoms with van der Waals surface area (Å²) in [6.45, 7) is 1.84. The second-order valence-corrected chi connectivity index (χ2v) is 6.87. The van der Waals surface area contributed by atoms with Crippen molar-refractivity contribution in [1.82, 2.24) is 10.3 Å². The van der Waals surface area contributed by atoms with E-state index in [1.54, 1.807) is 0 Å². The molecule has 1 atom stereocenters. The van der Waals surface area contributed by atoms with E-state index < -0.39 is 9.84 Å². The minimum absolute atomic E-state index is 0.0104. The van der Waals surface area contributed by atoms with E-state index in [9.17, 15) is 18.0 Å². The number of hydrogen-bond acceptors (Lipinski definition) is 4. The number of carbonyl (C=O) groups excluding carboxylic acids is 1. The predicted octanol–water partition coefficient (Wildman–Crippen LogP) is -0.146. The van der Waals surface area contributed by atoms with Crippen LogP contribution in [0.1, 0.15) is 29.4 Å². The van der Waals surface area contributed by atoms with Crippen LogP contribution in [0.15, 0.2) is 16.9 Å².